The minimum absolute atomic E-state index is 0.00834. The highest BCUT2D eigenvalue weighted by Crippen LogP contribution is 2.32. The van der Waals surface area contributed by atoms with Crippen molar-refractivity contribution in [2.45, 2.75) is 24.9 Å². The van der Waals surface area contributed by atoms with Crippen molar-refractivity contribution < 1.29 is 24.8 Å². The third kappa shape index (κ3) is 1.96. The van der Waals surface area contributed by atoms with Crippen LogP contribution in [0.4, 0.5) is 0 Å². The number of nitrogens with zero attached hydrogens (tertiary/aromatic N) is 4. The van der Waals surface area contributed by atoms with Crippen LogP contribution in [0, 0.1) is 0 Å². The van der Waals surface area contributed by atoms with Gasteiger partial charge in [-0.2, -0.15) is 9.97 Å². The fourth-order valence-electron chi connectivity index (χ4n) is 2.23. The summed E-state index contributed by atoms with van der Waals surface area (Å²) in [6.07, 6.45) is -0.194. The molecule has 0 unspecified atom stereocenters. The lowest BCUT2D eigenvalue weighted by atomic mass is 10.2. The Bertz CT molecular complexity index is 631. The topological polar surface area (TPSA) is 123 Å². The first-order valence-corrected chi connectivity index (χ1v) is 6.06. The standard InChI is InChI=1S/C11H14N4O5/c1-19-11-13-9-8(10(18)14-11)12-4-15(9)7-2-5(17)6(3-16)20-7/h4-7,16-17H,2-3H2,1H3,(H,13,14,18)/t5-,6+,7-/m1/s1. The lowest BCUT2D eigenvalue weighted by molar-refractivity contribution is -0.0432. The van der Waals surface area contributed by atoms with Crippen molar-refractivity contribution in [2.75, 3.05) is 13.7 Å². The molecule has 108 valence electrons. The molecule has 3 atom stereocenters. The van der Waals surface area contributed by atoms with Gasteiger partial charge in [-0.1, -0.05) is 0 Å². The Morgan fingerprint density at radius 1 is 1.50 bits per heavy atom. The largest absolute Gasteiger partial charge is 0.492 e. The summed E-state index contributed by atoms with van der Waals surface area (Å²) in [4.78, 5) is 11.9. The predicted octanol–water partition coefficient (Wildman–Crippen LogP) is -0.819. The number of aliphatic hydroxyl groups excluding tert-OH is 2. The van der Waals surface area contributed by atoms with Gasteiger partial charge in [-0.15, -0.1) is 0 Å². The highest BCUT2D eigenvalue weighted by Gasteiger charge is 2.35. The van der Waals surface area contributed by atoms with Gasteiger partial charge in [0.25, 0.3) is 0 Å². The Morgan fingerprint density at radius 2 is 2.30 bits per heavy atom. The van der Waals surface area contributed by atoms with Gasteiger partial charge in [-0.05, 0) is 0 Å². The van der Waals surface area contributed by atoms with E-state index in [1.165, 1.54) is 13.4 Å². The molecule has 0 amide bonds. The highest BCUT2D eigenvalue weighted by atomic mass is 16.5. The van der Waals surface area contributed by atoms with Crippen LogP contribution in [0.1, 0.15) is 12.6 Å². The van der Waals surface area contributed by atoms with Gasteiger partial charge in [-0.25, -0.2) is 4.98 Å². The molecule has 0 saturated carbocycles. The lowest BCUT2D eigenvalue weighted by Gasteiger charge is -2.13. The number of fused-ring (bicyclic) bond motifs is 1. The van der Waals surface area contributed by atoms with Crippen LogP contribution >= 0.6 is 0 Å². The summed E-state index contributed by atoms with van der Waals surface area (Å²) in [5, 5.41) is 28.6. The van der Waals surface area contributed by atoms with Crippen LogP contribution in [0.15, 0.2) is 6.33 Å². The van der Waals surface area contributed by atoms with Crippen molar-refractivity contribution in [2.24, 2.45) is 0 Å². The number of hydrogen-bond donors (Lipinski definition) is 3. The van der Waals surface area contributed by atoms with Gasteiger partial charge in [0.2, 0.25) is 5.88 Å². The maximum absolute atomic E-state index is 9.76. The number of methoxy groups -OCH3 is 1. The summed E-state index contributed by atoms with van der Waals surface area (Å²) in [5.74, 6) is -0.289. The van der Waals surface area contributed by atoms with Gasteiger partial charge in [0.1, 0.15) is 12.3 Å². The molecular formula is C11H14N4O5. The van der Waals surface area contributed by atoms with Crippen LogP contribution < -0.4 is 4.74 Å². The number of ether oxygens (including phenoxy) is 2. The molecule has 1 aliphatic rings. The van der Waals surface area contributed by atoms with E-state index in [9.17, 15) is 10.2 Å². The summed E-state index contributed by atoms with van der Waals surface area (Å²) in [6, 6.07) is 0.00834. The van der Waals surface area contributed by atoms with Crippen LogP contribution in [0.2, 0.25) is 0 Å². The van der Waals surface area contributed by atoms with Crippen LogP contribution in [-0.4, -0.2) is 60.8 Å². The van der Waals surface area contributed by atoms with Gasteiger partial charge >= 0.3 is 6.01 Å². The second kappa shape index (κ2) is 4.85. The number of aliphatic hydroxyl groups is 2. The molecule has 0 radical (unpaired) electrons. The fourth-order valence-corrected chi connectivity index (χ4v) is 2.23. The quantitative estimate of drug-likeness (QED) is 0.667. The zero-order valence-electron chi connectivity index (χ0n) is 10.7. The number of imidazole rings is 1. The Kier molecular flexibility index (Phi) is 3.16. The van der Waals surface area contributed by atoms with Crippen molar-refractivity contribution in [1.29, 1.82) is 0 Å². The fraction of sp³-hybridized carbons (Fsp3) is 0.545. The van der Waals surface area contributed by atoms with Crippen molar-refractivity contribution >= 4 is 11.2 Å². The normalized spacial score (nSPS) is 26.2. The Balaban J connectivity index is 2.02. The molecular weight excluding hydrogens is 268 g/mol. The molecule has 0 spiro atoms. The third-order valence-electron chi connectivity index (χ3n) is 3.26. The second-order valence-electron chi connectivity index (χ2n) is 4.47. The van der Waals surface area contributed by atoms with Crippen LogP contribution in [0.3, 0.4) is 0 Å². The smallest absolute Gasteiger partial charge is 0.321 e. The SMILES string of the molecule is COc1nc(O)c2ncn([C@H]3C[C@@H](O)[C@H](CO)O3)c2n1. The van der Waals surface area contributed by atoms with Crippen LogP contribution in [-0.2, 0) is 4.74 Å². The maximum Gasteiger partial charge on any atom is 0.321 e. The Labute approximate surface area is 113 Å². The highest BCUT2D eigenvalue weighted by molar-refractivity contribution is 5.76. The van der Waals surface area contributed by atoms with E-state index in [0.29, 0.717) is 12.1 Å². The molecule has 0 bridgehead atoms. The zero-order valence-corrected chi connectivity index (χ0v) is 10.7. The number of aromatic hydroxyl groups is 1. The summed E-state index contributed by atoms with van der Waals surface area (Å²) in [7, 11) is 1.39. The van der Waals surface area contributed by atoms with Gasteiger partial charge in [0, 0.05) is 6.42 Å². The molecule has 1 fully saturated rings. The van der Waals surface area contributed by atoms with E-state index in [4.69, 9.17) is 14.6 Å². The van der Waals surface area contributed by atoms with E-state index in [1.807, 2.05) is 0 Å². The molecule has 2 aromatic rings. The third-order valence-corrected chi connectivity index (χ3v) is 3.26. The maximum atomic E-state index is 9.76. The minimum atomic E-state index is -0.764. The van der Waals surface area contributed by atoms with Gasteiger partial charge < -0.3 is 24.8 Å². The van der Waals surface area contributed by atoms with E-state index in [1.54, 1.807) is 4.57 Å². The molecule has 9 heteroatoms. The number of hydrogen-bond acceptors (Lipinski definition) is 8. The Morgan fingerprint density at radius 3 is 2.95 bits per heavy atom. The first-order valence-electron chi connectivity index (χ1n) is 6.06. The first-order chi connectivity index (χ1) is 9.63. The monoisotopic (exact) mass is 282 g/mol. The van der Waals surface area contributed by atoms with Gasteiger partial charge in [0.15, 0.2) is 11.2 Å². The van der Waals surface area contributed by atoms with E-state index in [0.717, 1.165) is 0 Å². The van der Waals surface area contributed by atoms with Gasteiger partial charge in [-0.3, -0.25) is 4.57 Å². The first kappa shape index (κ1) is 13.0. The summed E-state index contributed by atoms with van der Waals surface area (Å²) in [6.45, 7) is -0.270. The van der Waals surface area contributed by atoms with Crippen molar-refractivity contribution in [1.82, 2.24) is 19.5 Å². The van der Waals surface area contributed by atoms with Crippen molar-refractivity contribution in [3.05, 3.63) is 6.33 Å². The van der Waals surface area contributed by atoms with E-state index in [-0.39, 0.29) is 24.0 Å². The average Bonchev–Trinajstić information content (AvgIpc) is 3.01. The summed E-state index contributed by atoms with van der Waals surface area (Å²) in [5.41, 5.74) is 0.557. The molecule has 3 N–H and O–H groups in total. The number of rotatable bonds is 3. The Hall–Kier alpha value is -1.97. The van der Waals surface area contributed by atoms with E-state index < -0.39 is 18.4 Å². The van der Waals surface area contributed by atoms with Crippen molar-refractivity contribution in [3.63, 3.8) is 0 Å². The molecule has 20 heavy (non-hydrogen) atoms. The van der Waals surface area contributed by atoms with Crippen LogP contribution in [0.5, 0.6) is 11.9 Å². The summed E-state index contributed by atoms with van der Waals surface area (Å²) < 4.78 is 12.0. The molecule has 0 aliphatic carbocycles. The number of aromatic nitrogens is 4. The molecule has 3 heterocycles. The molecule has 2 aromatic heterocycles. The molecule has 0 aromatic carbocycles. The van der Waals surface area contributed by atoms with Crippen molar-refractivity contribution in [3.8, 4) is 11.9 Å². The van der Waals surface area contributed by atoms with E-state index in [2.05, 4.69) is 15.0 Å². The molecule has 9 nitrogen and oxygen atoms in total. The van der Waals surface area contributed by atoms with Gasteiger partial charge in [0.05, 0.1) is 26.1 Å². The van der Waals surface area contributed by atoms with Crippen LogP contribution in [0.25, 0.3) is 11.2 Å². The molecule has 1 aliphatic heterocycles. The summed E-state index contributed by atoms with van der Waals surface area (Å²) >= 11 is 0. The lowest BCUT2D eigenvalue weighted by Crippen LogP contribution is -2.24. The van der Waals surface area contributed by atoms with E-state index >= 15 is 0 Å². The zero-order chi connectivity index (χ0) is 14.3. The predicted molar refractivity (Wildman–Crippen MR) is 65.2 cm³/mol. The molecule has 1 saturated heterocycles. The molecule has 3 rings (SSSR count). The average molecular weight is 282 g/mol. The minimum Gasteiger partial charge on any atom is -0.492 e. The second-order valence-corrected chi connectivity index (χ2v) is 4.47.